The van der Waals surface area contributed by atoms with Crippen molar-refractivity contribution in [2.24, 2.45) is 0 Å². The Labute approximate surface area is 222 Å². The lowest BCUT2D eigenvalue weighted by molar-refractivity contribution is -0.274. The number of nitrogens with zero attached hydrogens (tertiary/aromatic N) is 2. The normalized spacial score (nSPS) is 14.8. The second-order valence-electron chi connectivity index (χ2n) is 9.12. The van der Waals surface area contributed by atoms with Gasteiger partial charge in [0, 0.05) is 24.7 Å². The molecule has 204 valence electrons. The number of halogens is 4. The van der Waals surface area contributed by atoms with Crippen molar-refractivity contribution in [3.05, 3.63) is 64.8 Å². The van der Waals surface area contributed by atoms with E-state index in [1.54, 1.807) is 31.3 Å². The molecule has 1 fully saturated rings. The number of nitrogens with one attached hydrogen (secondary N) is 2. The maximum Gasteiger partial charge on any atom is 0.573 e. The molecule has 0 atom stereocenters. The lowest BCUT2D eigenvalue weighted by Crippen LogP contribution is -2.34. The van der Waals surface area contributed by atoms with Crippen molar-refractivity contribution in [3.63, 3.8) is 0 Å². The molecule has 0 bridgehead atoms. The summed E-state index contributed by atoms with van der Waals surface area (Å²) in [7, 11) is 1.59. The molecular formula is C26H28ClF3N4O4. The average molecular weight is 553 g/mol. The van der Waals surface area contributed by atoms with Gasteiger partial charge in [-0.2, -0.15) is 4.98 Å². The average Bonchev–Trinajstić information content (AvgIpc) is 3.43. The first-order chi connectivity index (χ1) is 18.0. The number of carbonyl (C=O) groups excluding carboxylic acids is 1. The summed E-state index contributed by atoms with van der Waals surface area (Å²) in [6.07, 6.45) is -1.12. The SMILES string of the molecule is CNc1nc(Oc2cccc(OC(F)(F)F)c2)n(Cc2ccc(Cl)cc2)c1C(=O)NCCC1(O)CCCC1. The number of aromatic nitrogens is 2. The fourth-order valence-electron chi connectivity index (χ4n) is 4.45. The van der Waals surface area contributed by atoms with Crippen LogP contribution in [0.15, 0.2) is 48.5 Å². The summed E-state index contributed by atoms with van der Waals surface area (Å²) in [6, 6.07) is 12.0. The van der Waals surface area contributed by atoms with Crippen LogP contribution in [0.1, 0.15) is 48.2 Å². The molecule has 1 saturated carbocycles. The number of ether oxygens (including phenoxy) is 2. The number of hydrogen-bond donors (Lipinski definition) is 3. The zero-order chi connectivity index (χ0) is 27.3. The van der Waals surface area contributed by atoms with Crippen molar-refractivity contribution in [2.45, 2.75) is 50.6 Å². The third-order valence-corrected chi connectivity index (χ3v) is 6.55. The van der Waals surface area contributed by atoms with Crippen LogP contribution >= 0.6 is 11.6 Å². The second kappa shape index (κ2) is 11.5. The Bertz CT molecular complexity index is 1260. The van der Waals surface area contributed by atoms with Gasteiger partial charge in [0.1, 0.15) is 11.5 Å². The highest BCUT2D eigenvalue weighted by Crippen LogP contribution is 2.33. The first-order valence-electron chi connectivity index (χ1n) is 12.1. The van der Waals surface area contributed by atoms with Crippen molar-refractivity contribution in [2.75, 3.05) is 18.9 Å². The lowest BCUT2D eigenvalue weighted by atomic mass is 9.98. The van der Waals surface area contributed by atoms with Crippen LogP contribution in [-0.4, -0.2) is 46.1 Å². The minimum absolute atomic E-state index is 0.0203. The molecule has 4 rings (SSSR count). The van der Waals surface area contributed by atoms with Crippen LogP contribution in [0.3, 0.4) is 0 Å². The fourth-order valence-corrected chi connectivity index (χ4v) is 4.58. The van der Waals surface area contributed by atoms with Gasteiger partial charge in [-0.3, -0.25) is 9.36 Å². The minimum atomic E-state index is -4.86. The number of benzene rings is 2. The summed E-state index contributed by atoms with van der Waals surface area (Å²) < 4.78 is 49.4. The van der Waals surface area contributed by atoms with Crippen molar-refractivity contribution in [3.8, 4) is 17.5 Å². The number of anilines is 1. The van der Waals surface area contributed by atoms with Crippen LogP contribution in [0, 0.1) is 0 Å². The minimum Gasteiger partial charge on any atom is -0.425 e. The summed E-state index contributed by atoms with van der Waals surface area (Å²) in [5.41, 5.74) is 0.168. The summed E-state index contributed by atoms with van der Waals surface area (Å²) in [6.45, 7) is 0.421. The van der Waals surface area contributed by atoms with Gasteiger partial charge < -0.3 is 25.2 Å². The largest absolute Gasteiger partial charge is 0.573 e. The van der Waals surface area contributed by atoms with E-state index in [2.05, 4.69) is 20.4 Å². The van der Waals surface area contributed by atoms with Gasteiger partial charge in [-0.05, 0) is 49.1 Å². The summed E-state index contributed by atoms with van der Waals surface area (Å²) in [5, 5.41) is 16.9. The smallest absolute Gasteiger partial charge is 0.425 e. The van der Waals surface area contributed by atoms with Gasteiger partial charge >= 0.3 is 12.4 Å². The molecule has 3 aromatic rings. The van der Waals surface area contributed by atoms with Crippen molar-refractivity contribution in [1.29, 1.82) is 0 Å². The predicted octanol–water partition coefficient (Wildman–Crippen LogP) is 5.74. The number of rotatable bonds is 10. The van der Waals surface area contributed by atoms with Crippen LogP contribution in [0.25, 0.3) is 0 Å². The van der Waals surface area contributed by atoms with Gasteiger partial charge in [0.2, 0.25) is 0 Å². The van der Waals surface area contributed by atoms with E-state index >= 15 is 0 Å². The van der Waals surface area contributed by atoms with Gasteiger partial charge in [-0.15, -0.1) is 13.2 Å². The summed E-state index contributed by atoms with van der Waals surface area (Å²) in [5.74, 6) is -0.648. The summed E-state index contributed by atoms with van der Waals surface area (Å²) >= 11 is 6.01. The van der Waals surface area contributed by atoms with Crippen molar-refractivity contribution in [1.82, 2.24) is 14.9 Å². The van der Waals surface area contributed by atoms with Crippen molar-refractivity contribution < 1.29 is 32.5 Å². The first kappa shape index (κ1) is 27.6. The van der Waals surface area contributed by atoms with E-state index in [0.29, 0.717) is 24.3 Å². The molecule has 12 heteroatoms. The molecule has 1 aliphatic rings. The summed E-state index contributed by atoms with van der Waals surface area (Å²) in [4.78, 5) is 17.7. The Morgan fingerprint density at radius 1 is 1.16 bits per heavy atom. The van der Waals surface area contributed by atoms with Gasteiger partial charge in [0.25, 0.3) is 5.91 Å². The molecule has 1 amide bonds. The fraction of sp³-hybridized carbons (Fsp3) is 0.385. The molecule has 2 aromatic carbocycles. The van der Waals surface area contributed by atoms with Gasteiger partial charge in [-0.25, -0.2) is 0 Å². The van der Waals surface area contributed by atoms with Gasteiger partial charge in [0.15, 0.2) is 11.5 Å². The van der Waals surface area contributed by atoms with E-state index in [1.807, 2.05) is 0 Å². The van der Waals surface area contributed by atoms with Crippen LogP contribution < -0.4 is 20.1 Å². The molecule has 3 N–H and O–H groups in total. The van der Waals surface area contributed by atoms with Crippen LogP contribution in [0.4, 0.5) is 19.0 Å². The Morgan fingerprint density at radius 3 is 2.50 bits per heavy atom. The zero-order valence-electron chi connectivity index (χ0n) is 20.6. The maximum absolute atomic E-state index is 13.3. The molecule has 1 aliphatic carbocycles. The van der Waals surface area contributed by atoms with Crippen molar-refractivity contribution >= 4 is 23.3 Å². The predicted molar refractivity (Wildman–Crippen MR) is 136 cm³/mol. The maximum atomic E-state index is 13.3. The van der Waals surface area contributed by atoms with E-state index in [0.717, 1.165) is 30.5 Å². The number of carbonyl (C=O) groups is 1. The first-order valence-corrected chi connectivity index (χ1v) is 12.5. The number of imidazole rings is 1. The Morgan fingerprint density at radius 2 is 1.84 bits per heavy atom. The number of amides is 1. The molecule has 0 aliphatic heterocycles. The molecule has 0 unspecified atom stereocenters. The van der Waals surface area contributed by atoms with Crippen LogP contribution in [-0.2, 0) is 6.54 Å². The third kappa shape index (κ3) is 7.11. The highest BCUT2D eigenvalue weighted by atomic mass is 35.5. The Hall–Kier alpha value is -3.44. The lowest BCUT2D eigenvalue weighted by Gasteiger charge is -2.22. The standard InChI is InChI=1S/C26H28ClF3N4O4/c1-31-22-21(23(35)32-14-13-25(36)11-2-3-12-25)34(16-17-7-9-18(27)10-8-17)24(33-22)37-19-5-4-6-20(15-19)38-26(28,29)30/h4-10,15,31,36H,2-3,11-14,16H2,1H3,(H,32,35). The molecule has 0 spiro atoms. The molecule has 0 radical (unpaired) electrons. The number of alkyl halides is 3. The van der Waals surface area contributed by atoms with Crippen LogP contribution in [0.5, 0.6) is 17.5 Å². The van der Waals surface area contributed by atoms with E-state index in [1.165, 1.54) is 16.7 Å². The van der Waals surface area contributed by atoms with Gasteiger partial charge in [-0.1, -0.05) is 42.6 Å². The van der Waals surface area contributed by atoms with Gasteiger partial charge in [0.05, 0.1) is 12.1 Å². The highest BCUT2D eigenvalue weighted by Gasteiger charge is 2.32. The molecule has 1 heterocycles. The van der Waals surface area contributed by atoms with E-state index in [4.69, 9.17) is 16.3 Å². The Balaban J connectivity index is 1.63. The second-order valence-corrected chi connectivity index (χ2v) is 9.55. The topological polar surface area (TPSA) is 97.6 Å². The van der Waals surface area contributed by atoms with E-state index in [-0.39, 0.29) is 36.4 Å². The number of hydrogen-bond acceptors (Lipinski definition) is 6. The van der Waals surface area contributed by atoms with Crippen LogP contribution in [0.2, 0.25) is 5.02 Å². The van der Waals surface area contributed by atoms with E-state index in [9.17, 15) is 23.1 Å². The van der Waals surface area contributed by atoms with E-state index < -0.39 is 23.6 Å². The molecule has 8 nitrogen and oxygen atoms in total. The highest BCUT2D eigenvalue weighted by molar-refractivity contribution is 6.30. The third-order valence-electron chi connectivity index (χ3n) is 6.30. The molecular weight excluding hydrogens is 525 g/mol. The zero-order valence-corrected chi connectivity index (χ0v) is 21.4. The quantitative estimate of drug-likeness (QED) is 0.297. The molecule has 1 aromatic heterocycles. The molecule has 0 saturated heterocycles. The monoisotopic (exact) mass is 552 g/mol. The molecule has 38 heavy (non-hydrogen) atoms. The number of aliphatic hydroxyl groups is 1. The Kier molecular flexibility index (Phi) is 8.37.